The number of fused-ring (bicyclic) bond motifs is 1. The SMILES string of the molecule is N#Cc1ccc2c(Br)cnc(NCCc3ccc(Cl)cc3)c2c1. The molecule has 0 fully saturated rings. The normalized spacial score (nSPS) is 10.5. The third-order valence-corrected chi connectivity index (χ3v) is 4.47. The largest absolute Gasteiger partial charge is 0.369 e. The maximum Gasteiger partial charge on any atom is 0.133 e. The third-order valence-electron chi connectivity index (χ3n) is 3.59. The van der Waals surface area contributed by atoms with Crippen molar-refractivity contribution < 1.29 is 0 Å². The minimum atomic E-state index is 0.623. The number of benzene rings is 2. The Morgan fingerprint density at radius 3 is 2.65 bits per heavy atom. The Morgan fingerprint density at radius 2 is 1.91 bits per heavy atom. The zero-order valence-corrected chi connectivity index (χ0v) is 14.5. The van der Waals surface area contributed by atoms with Crippen molar-refractivity contribution in [1.29, 1.82) is 5.26 Å². The maximum absolute atomic E-state index is 9.09. The number of nitriles is 1. The van der Waals surface area contributed by atoms with Gasteiger partial charge < -0.3 is 5.32 Å². The van der Waals surface area contributed by atoms with Gasteiger partial charge in [-0.25, -0.2) is 4.98 Å². The van der Waals surface area contributed by atoms with Crippen LogP contribution in [0.5, 0.6) is 0 Å². The molecule has 1 N–H and O–H groups in total. The van der Waals surface area contributed by atoms with E-state index in [1.807, 2.05) is 42.5 Å². The zero-order valence-electron chi connectivity index (χ0n) is 12.2. The number of hydrogen-bond donors (Lipinski definition) is 1. The van der Waals surface area contributed by atoms with Crippen molar-refractivity contribution in [3.63, 3.8) is 0 Å². The Balaban J connectivity index is 1.81. The van der Waals surface area contributed by atoms with Crippen molar-refractivity contribution >= 4 is 44.1 Å². The lowest BCUT2D eigenvalue weighted by molar-refractivity contribution is 1.01. The van der Waals surface area contributed by atoms with Crippen molar-refractivity contribution in [2.24, 2.45) is 0 Å². The molecule has 0 aliphatic heterocycles. The fourth-order valence-electron chi connectivity index (χ4n) is 2.40. The van der Waals surface area contributed by atoms with E-state index in [1.54, 1.807) is 6.20 Å². The Kier molecular flexibility index (Phi) is 4.80. The molecule has 23 heavy (non-hydrogen) atoms. The second kappa shape index (κ2) is 6.99. The molecule has 0 aliphatic rings. The highest BCUT2D eigenvalue weighted by atomic mass is 79.9. The van der Waals surface area contributed by atoms with E-state index in [-0.39, 0.29) is 0 Å². The summed E-state index contributed by atoms with van der Waals surface area (Å²) in [4.78, 5) is 4.44. The van der Waals surface area contributed by atoms with Crippen LogP contribution in [-0.2, 0) is 6.42 Å². The minimum Gasteiger partial charge on any atom is -0.369 e. The summed E-state index contributed by atoms with van der Waals surface area (Å²) < 4.78 is 0.917. The van der Waals surface area contributed by atoms with Crippen molar-refractivity contribution in [2.75, 3.05) is 11.9 Å². The Hall–Kier alpha value is -2.09. The van der Waals surface area contributed by atoms with Crippen LogP contribution < -0.4 is 5.32 Å². The molecule has 0 unspecified atom stereocenters. The summed E-state index contributed by atoms with van der Waals surface area (Å²) >= 11 is 9.40. The molecule has 1 aromatic heterocycles. The van der Waals surface area contributed by atoms with Gasteiger partial charge in [-0.15, -0.1) is 0 Å². The van der Waals surface area contributed by atoms with Gasteiger partial charge in [0.2, 0.25) is 0 Å². The first-order chi connectivity index (χ1) is 11.2. The van der Waals surface area contributed by atoms with Crippen molar-refractivity contribution in [2.45, 2.75) is 6.42 Å². The summed E-state index contributed by atoms with van der Waals surface area (Å²) in [5.41, 5.74) is 1.83. The molecule has 0 saturated carbocycles. The number of nitrogens with zero attached hydrogens (tertiary/aromatic N) is 2. The van der Waals surface area contributed by atoms with Gasteiger partial charge in [0.15, 0.2) is 0 Å². The molecule has 3 nitrogen and oxygen atoms in total. The van der Waals surface area contributed by atoms with Crippen LogP contribution in [0, 0.1) is 11.3 Å². The van der Waals surface area contributed by atoms with Gasteiger partial charge in [0.05, 0.1) is 11.6 Å². The summed E-state index contributed by atoms with van der Waals surface area (Å²) in [5.74, 6) is 0.786. The van der Waals surface area contributed by atoms with Gasteiger partial charge in [-0.3, -0.25) is 0 Å². The Labute approximate surface area is 148 Å². The molecule has 2 aromatic carbocycles. The molecular formula is C18H13BrClN3. The maximum atomic E-state index is 9.09. The molecule has 3 aromatic rings. The van der Waals surface area contributed by atoms with Gasteiger partial charge in [-0.1, -0.05) is 29.8 Å². The topological polar surface area (TPSA) is 48.7 Å². The van der Waals surface area contributed by atoms with Crippen LogP contribution in [0.4, 0.5) is 5.82 Å². The van der Waals surface area contributed by atoms with E-state index >= 15 is 0 Å². The van der Waals surface area contributed by atoms with E-state index in [9.17, 15) is 0 Å². The van der Waals surface area contributed by atoms with E-state index in [4.69, 9.17) is 16.9 Å². The molecule has 5 heteroatoms. The van der Waals surface area contributed by atoms with Crippen LogP contribution in [0.3, 0.4) is 0 Å². The summed E-state index contributed by atoms with van der Waals surface area (Å²) in [6, 6.07) is 15.6. The van der Waals surface area contributed by atoms with Crippen LogP contribution in [0.25, 0.3) is 10.8 Å². The lowest BCUT2D eigenvalue weighted by Crippen LogP contribution is -2.06. The number of rotatable bonds is 4. The molecule has 0 radical (unpaired) electrons. The van der Waals surface area contributed by atoms with Crippen LogP contribution >= 0.6 is 27.5 Å². The predicted octanol–water partition coefficient (Wildman–Crippen LogP) is 5.18. The number of nitrogens with one attached hydrogen (secondary N) is 1. The molecule has 0 bridgehead atoms. The average Bonchev–Trinajstić information content (AvgIpc) is 2.58. The number of halogens is 2. The minimum absolute atomic E-state index is 0.623. The number of hydrogen-bond acceptors (Lipinski definition) is 3. The molecule has 0 aliphatic carbocycles. The number of aromatic nitrogens is 1. The first-order valence-corrected chi connectivity index (χ1v) is 8.31. The first kappa shape index (κ1) is 15.8. The van der Waals surface area contributed by atoms with E-state index in [2.05, 4.69) is 32.3 Å². The number of pyridine rings is 1. The molecular weight excluding hydrogens is 374 g/mol. The van der Waals surface area contributed by atoms with Crippen LogP contribution in [-0.4, -0.2) is 11.5 Å². The molecule has 0 atom stereocenters. The smallest absolute Gasteiger partial charge is 0.133 e. The highest BCUT2D eigenvalue weighted by Gasteiger charge is 2.07. The van der Waals surface area contributed by atoms with Crippen LogP contribution in [0.1, 0.15) is 11.1 Å². The molecule has 3 rings (SSSR count). The highest BCUT2D eigenvalue weighted by Crippen LogP contribution is 2.29. The Morgan fingerprint density at radius 1 is 1.13 bits per heavy atom. The number of anilines is 1. The summed E-state index contributed by atoms with van der Waals surface area (Å²) in [7, 11) is 0. The van der Waals surface area contributed by atoms with E-state index in [0.717, 1.165) is 39.1 Å². The van der Waals surface area contributed by atoms with Gasteiger partial charge in [-0.2, -0.15) is 5.26 Å². The van der Waals surface area contributed by atoms with Crippen LogP contribution in [0.15, 0.2) is 53.1 Å². The highest BCUT2D eigenvalue weighted by molar-refractivity contribution is 9.10. The van der Waals surface area contributed by atoms with Gasteiger partial charge >= 0.3 is 0 Å². The molecule has 0 amide bonds. The third kappa shape index (κ3) is 3.64. The van der Waals surface area contributed by atoms with E-state index < -0.39 is 0 Å². The molecule has 0 saturated heterocycles. The second-order valence-electron chi connectivity index (χ2n) is 5.13. The second-order valence-corrected chi connectivity index (χ2v) is 6.42. The fraction of sp³-hybridized carbons (Fsp3) is 0.111. The standard InChI is InChI=1S/C18H13BrClN3/c19-17-11-23-18(16-9-13(10-21)3-6-15(16)17)22-8-7-12-1-4-14(20)5-2-12/h1-6,9,11H,7-8H2,(H,22,23). The van der Waals surface area contributed by atoms with Crippen LogP contribution in [0.2, 0.25) is 5.02 Å². The summed E-state index contributed by atoms with van der Waals surface area (Å²) in [5, 5.41) is 15.2. The van der Waals surface area contributed by atoms with Gasteiger partial charge in [0, 0.05) is 33.0 Å². The monoisotopic (exact) mass is 385 g/mol. The lowest BCUT2D eigenvalue weighted by atomic mass is 10.1. The quantitative estimate of drug-likeness (QED) is 0.672. The summed E-state index contributed by atoms with van der Waals surface area (Å²) in [6.45, 7) is 0.752. The average molecular weight is 387 g/mol. The summed E-state index contributed by atoms with van der Waals surface area (Å²) in [6.07, 6.45) is 2.65. The van der Waals surface area contributed by atoms with E-state index in [0.29, 0.717) is 5.56 Å². The van der Waals surface area contributed by atoms with Crippen molar-refractivity contribution in [3.8, 4) is 6.07 Å². The Bertz CT molecular complexity index is 885. The van der Waals surface area contributed by atoms with Crippen molar-refractivity contribution in [1.82, 2.24) is 4.98 Å². The van der Waals surface area contributed by atoms with Crippen molar-refractivity contribution in [3.05, 3.63) is 69.3 Å². The zero-order chi connectivity index (χ0) is 16.2. The lowest BCUT2D eigenvalue weighted by Gasteiger charge is -2.10. The van der Waals surface area contributed by atoms with Gasteiger partial charge in [0.1, 0.15) is 5.82 Å². The fourth-order valence-corrected chi connectivity index (χ4v) is 2.97. The van der Waals surface area contributed by atoms with Gasteiger partial charge in [-0.05, 0) is 52.2 Å². The van der Waals surface area contributed by atoms with Gasteiger partial charge in [0.25, 0.3) is 0 Å². The van der Waals surface area contributed by atoms with E-state index in [1.165, 1.54) is 5.56 Å². The molecule has 0 spiro atoms. The molecule has 1 heterocycles. The molecule has 114 valence electrons. The first-order valence-electron chi connectivity index (χ1n) is 7.14. The predicted molar refractivity (Wildman–Crippen MR) is 97.8 cm³/mol.